The lowest BCUT2D eigenvalue weighted by Gasteiger charge is -2.20. The van der Waals surface area contributed by atoms with E-state index in [0.29, 0.717) is 29.7 Å². The maximum Gasteiger partial charge on any atom is 0.198 e. The molecule has 3 aromatic rings. The number of ether oxygens (including phenoxy) is 2. The summed E-state index contributed by atoms with van der Waals surface area (Å²) >= 11 is 0. The van der Waals surface area contributed by atoms with Crippen LogP contribution >= 0.6 is 0 Å². The maximum atomic E-state index is 13.5. The van der Waals surface area contributed by atoms with Crippen LogP contribution in [-0.4, -0.2) is 49.4 Å². The van der Waals surface area contributed by atoms with Crippen molar-refractivity contribution < 1.29 is 19.0 Å². The SMILES string of the molecule is CN(CCC1OCCO1)c1ccc(N=Cc2c(O)[nH]c3ccc(F)cc23)cc1. The minimum atomic E-state index is -0.359. The summed E-state index contributed by atoms with van der Waals surface area (Å²) < 4.78 is 24.4. The fourth-order valence-electron chi connectivity index (χ4n) is 3.24. The lowest BCUT2D eigenvalue weighted by atomic mass is 10.2. The molecule has 2 heterocycles. The van der Waals surface area contributed by atoms with Crippen LogP contribution < -0.4 is 4.90 Å². The average molecular weight is 383 g/mol. The lowest BCUT2D eigenvalue weighted by molar-refractivity contribution is -0.0447. The smallest absolute Gasteiger partial charge is 0.198 e. The molecule has 1 aliphatic heterocycles. The number of rotatable bonds is 6. The van der Waals surface area contributed by atoms with Crippen molar-refractivity contribution in [3.8, 4) is 5.88 Å². The Labute approximate surface area is 162 Å². The normalized spacial score (nSPS) is 15.1. The second-order valence-electron chi connectivity index (χ2n) is 6.73. The summed E-state index contributed by atoms with van der Waals surface area (Å²) in [6, 6.07) is 12.1. The molecular formula is C21H22FN3O3. The van der Waals surface area contributed by atoms with Crippen molar-refractivity contribution in [3.63, 3.8) is 0 Å². The molecule has 0 bridgehead atoms. The van der Waals surface area contributed by atoms with E-state index in [-0.39, 0.29) is 18.0 Å². The molecule has 0 spiro atoms. The zero-order chi connectivity index (χ0) is 19.5. The van der Waals surface area contributed by atoms with Crippen LogP contribution in [-0.2, 0) is 9.47 Å². The molecule has 2 aromatic carbocycles. The first kappa shape index (κ1) is 18.5. The van der Waals surface area contributed by atoms with Crippen LogP contribution in [0.5, 0.6) is 5.88 Å². The number of nitrogens with zero attached hydrogens (tertiary/aromatic N) is 2. The van der Waals surface area contributed by atoms with Crippen LogP contribution in [0.3, 0.4) is 0 Å². The molecule has 0 atom stereocenters. The van der Waals surface area contributed by atoms with Gasteiger partial charge in [-0.15, -0.1) is 0 Å². The molecule has 0 aliphatic carbocycles. The summed E-state index contributed by atoms with van der Waals surface area (Å²) in [5.41, 5.74) is 2.93. The van der Waals surface area contributed by atoms with Gasteiger partial charge in [-0.3, -0.25) is 4.99 Å². The summed E-state index contributed by atoms with van der Waals surface area (Å²) in [6.45, 7) is 2.15. The summed E-state index contributed by atoms with van der Waals surface area (Å²) in [5.74, 6) is -0.390. The Morgan fingerprint density at radius 2 is 1.96 bits per heavy atom. The summed E-state index contributed by atoms with van der Waals surface area (Å²) in [7, 11) is 2.02. The maximum absolute atomic E-state index is 13.5. The number of nitrogens with one attached hydrogen (secondary N) is 1. The molecule has 0 unspecified atom stereocenters. The van der Waals surface area contributed by atoms with Gasteiger partial charge in [0.2, 0.25) is 0 Å². The number of aliphatic imine (C=N–C) groups is 1. The van der Waals surface area contributed by atoms with E-state index < -0.39 is 0 Å². The highest BCUT2D eigenvalue weighted by Gasteiger charge is 2.16. The molecule has 6 nitrogen and oxygen atoms in total. The van der Waals surface area contributed by atoms with Gasteiger partial charge in [-0.1, -0.05) is 0 Å². The third-order valence-corrected chi connectivity index (χ3v) is 4.80. The van der Waals surface area contributed by atoms with Gasteiger partial charge in [0.15, 0.2) is 12.2 Å². The zero-order valence-electron chi connectivity index (χ0n) is 15.6. The van der Waals surface area contributed by atoms with Crippen LogP contribution in [0.4, 0.5) is 15.8 Å². The van der Waals surface area contributed by atoms with E-state index in [1.165, 1.54) is 12.1 Å². The van der Waals surface area contributed by atoms with Crippen molar-refractivity contribution in [2.75, 3.05) is 31.7 Å². The van der Waals surface area contributed by atoms with E-state index in [4.69, 9.17) is 9.47 Å². The van der Waals surface area contributed by atoms with Crippen molar-refractivity contribution in [2.24, 2.45) is 4.99 Å². The van der Waals surface area contributed by atoms with Gasteiger partial charge < -0.3 is 24.5 Å². The highest BCUT2D eigenvalue weighted by atomic mass is 19.1. The number of benzene rings is 2. The van der Waals surface area contributed by atoms with Crippen molar-refractivity contribution in [1.29, 1.82) is 0 Å². The molecule has 0 saturated carbocycles. The Bertz CT molecular complexity index is 978. The van der Waals surface area contributed by atoms with Crippen LogP contribution in [0.1, 0.15) is 12.0 Å². The lowest BCUT2D eigenvalue weighted by Crippen LogP contribution is -2.23. The molecule has 28 heavy (non-hydrogen) atoms. The first-order valence-electron chi connectivity index (χ1n) is 9.19. The molecule has 1 aromatic heterocycles. The van der Waals surface area contributed by atoms with Gasteiger partial charge in [-0.05, 0) is 42.5 Å². The second-order valence-corrected chi connectivity index (χ2v) is 6.73. The van der Waals surface area contributed by atoms with E-state index in [2.05, 4.69) is 14.9 Å². The number of H-pyrrole nitrogens is 1. The Morgan fingerprint density at radius 3 is 2.71 bits per heavy atom. The first-order chi connectivity index (χ1) is 13.6. The molecular weight excluding hydrogens is 361 g/mol. The number of hydrogen-bond donors (Lipinski definition) is 2. The minimum Gasteiger partial charge on any atom is -0.494 e. The van der Waals surface area contributed by atoms with Gasteiger partial charge in [0.25, 0.3) is 0 Å². The average Bonchev–Trinajstić information content (AvgIpc) is 3.32. The van der Waals surface area contributed by atoms with Crippen LogP contribution in [0.25, 0.3) is 10.9 Å². The number of fused-ring (bicyclic) bond motifs is 1. The van der Waals surface area contributed by atoms with Crippen molar-refractivity contribution in [3.05, 3.63) is 53.8 Å². The van der Waals surface area contributed by atoms with Crippen LogP contribution in [0.2, 0.25) is 0 Å². The Balaban J connectivity index is 1.44. The molecule has 0 radical (unpaired) electrons. The number of aromatic nitrogens is 1. The molecule has 0 amide bonds. The predicted octanol–water partition coefficient (Wildman–Crippen LogP) is 3.96. The Kier molecular flexibility index (Phi) is 5.27. The molecule has 146 valence electrons. The summed E-state index contributed by atoms with van der Waals surface area (Å²) in [4.78, 5) is 9.37. The molecule has 4 rings (SSSR count). The number of aromatic amines is 1. The fourth-order valence-corrected chi connectivity index (χ4v) is 3.24. The minimum absolute atomic E-state index is 0.0305. The molecule has 2 N–H and O–H groups in total. The van der Waals surface area contributed by atoms with Crippen molar-refractivity contribution >= 4 is 28.5 Å². The van der Waals surface area contributed by atoms with Gasteiger partial charge in [0.1, 0.15) is 5.82 Å². The molecule has 1 aliphatic rings. The standard InChI is InChI=1S/C21H22FN3O3/c1-25(9-8-20-27-10-11-28-20)16-5-3-15(4-6-16)23-13-18-17-12-14(22)2-7-19(17)24-21(18)26/h2-7,12-13,20,24,26H,8-11H2,1H3. The summed E-state index contributed by atoms with van der Waals surface area (Å²) in [5, 5.41) is 10.7. The predicted molar refractivity (Wildman–Crippen MR) is 107 cm³/mol. The Hall–Kier alpha value is -2.90. The number of aromatic hydroxyl groups is 1. The second kappa shape index (κ2) is 8.00. The third-order valence-electron chi connectivity index (χ3n) is 4.80. The van der Waals surface area contributed by atoms with Gasteiger partial charge in [-0.25, -0.2) is 4.39 Å². The zero-order valence-corrected chi connectivity index (χ0v) is 15.6. The fraction of sp³-hybridized carbons (Fsp3) is 0.286. The largest absolute Gasteiger partial charge is 0.494 e. The molecule has 1 fully saturated rings. The highest BCUT2D eigenvalue weighted by Crippen LogP contribution is 2.27. The monoisotopic (exact) mass is 383 g/mol. The van der Waals surface area contributed by atoms with Gasteiger partial charge >= 0.3 is 0 Å². The van der Waals surface area contributed by atoms with Crippen LogP contribution in [0.15, 0.2) is 47.5 Å². The van der Waals surface area contributed by atoms with Gasteiger partial charge in [0, 0.05) is 42.8 Å². The topological polar surface area (TPSA) is 70.1 Å². The van der Waals surface area contributed by atoms with Gasteiger partial charge in [-0.2, -0.15) is 0 Å². The van der Waals surface area contributed by atoms with Crippen LogP contribution in [0, 0.1) is 5.82 Å². The van der Waals surface area contributed by atoms with Crippen molar-refractivity contribution in [1.82, 2.24) is 4.98 Å². The highest BCUT2D eigenvalue weighted by molar-refractivity contribution is 6.02. The van der Waals surface area contributed by atoms with E-state index in [1.807, 2.05) is 31.3 Å². The van der Waals surface area contributed by atoms with Crippen molar-refractivity contribution in [2.45, 2.75) is 12.7 Å². The molecule has 7 heteroatoms. The number of hydrogen-bond acceptors (Lipinski definition) is 5. The number of halogens is 1. The van der Waals surface area contributed by atoms with E-state index in [1.54, 1.807) is 12.3 Å². The first-order valence-corrected chi connectivity index (χ1v) is 9.19. The van der Waals surface area contributed by atoms with E-state index in [0.717, 1.165) is 24.3 Å². The van der Waals surface area contributed by atoms with Gasteiger partial charge in [0.05, 0.1) is 24.5 Å². The van der Waals surface area contributed by atoms with E-state index in [9.17, 15) is 9.50 Å². The summed E-state index contributed by atoms with van der Waals surface area (Å²) in [6.07, 6.45) is 2.24. The van der Waals surface area contributed by atoms with E-state index >= 15 is 0 Å². The third kappa shape index (κ3) is 4.00. The number of anilines is 1. The molecule has 1 saturated heterocycles. The Morgan fingerprint density at radius 1 is 1.21 bits per heavy atom. The quantitative estimate of drug-likeness (QED) is 0.632.